The van der Waals surface area contributed by atoms with Gasteiger partial charge in [-0.15, -0.1) is 0 Å². The van der Waals surface area contributed by atoms with Gasteiger partial charge in [0.25, 0.3) is 0 Å². The third-order valence-electron chi connectivity index (χ3n) is 12.3. The van der Waals surface area contributed by atoms with E-state index in [1.807, 2.05) is 6.92 Å². The summed E-state index contributed by atoms with van der Waals surface area (Å²) >= 11 is 0. The van der Waals surface area contributed by atoms with Crippen LogP contribution >= 0.6 is 0 Å². The Morgan fingerprint density at radius 3 is 1.47 bits per heavy atom. The van der Waals surface area contributed by atoms with Crippen LogP contribution in [0.2, 0.25) is 0 Å². The summed E-state index contributed by atoms with van der Waals surface area (Å²) in [5.74, 6) is 0. The van der Waals surface area contributed by atoms with Crippen molar-refractivity contribution >= 4 is 0 Å². The van der Waals surface area contributed by atoms with Crippen molar-refractivity contribution in [2.75, 3.05) is 125 Å². The van der Waals surface area contributed by atoms with Gasteiger partial charge in [-0.3, -0.25) is 0 Å². The molecule has 0 aromatic heterocycles. The van der Waals surface area contributed by atoms with Crippen LogP contribution in [-0.2, 0) is 99.5 Å². The van der Waals surface area contributed by atoms with Crippen molar-refractivity contribution in [3.8, 4) is 0 Å². The Labute approximate surface area is 376 Å². The fourth-order valence-corrected chi connectivity index (χ4v) is 9.01. The van der Waals surface area contributed by atoms with Gasteiger partial charge < -0.3 is 110 Å². The molecule has 4 rings (SSSR count). The van der Waals surface area contributed by atoms with Crippen molar-refractivity contribution in [2.24, 2.45) is 0 Å². The van der Waals surface area contributed by atoms with Crippen LogP contribution in [0.25, 0.3) is 0 Å². The van der Waals surface area contributed by atoms with E-state index in [9.17, 15) is 10.2 Å². The molecule has 0 aliphatic carbocycles. The van der Waals surface area contributed by atoms with Gasteiger partial charge in [0, 0.05) is 92.4 Å². The number of methoxy groups -OCH3 is 13. The second-order valence-electron chi connectivity index (χ2n) is 15.6. The topological polar surface area (TPSA) is 234 Å². The lowest BCUT2D eigenvalue weighted by Gasteiger charge is -2.50. The van der Waals surface area contributed by atoms with Gasteiger partial charge in [-0.1, -0.05) is 0 Å². The zero-order valence-corrected chi connectivity index (χ0v) is 39.7. The zero-order chi connectivity index (χ0) is 47.1. The van der Waals surface area contributed by atoms with Crippen LogP contribution in [0.15, 0.2) is 0 Å². The number of rotatable bonds is 27. The summed E-state index contributed by atoms with van der Waals surface area (Å²) in [6.45, 7) is 1.16. The Bertz CT molecular complexity index is 1260. The van der Waals surface area contributed by atoms with Crippen LogP contribution in [0.1, 0.15) is 6.92 Å². The number of hydrogen-bond donors (Lipinski definition) is 2. The molecular formula is C41H76O23. The van der Waals surface area contributed by atoms with Crippen LogP contribution in [0.4, 0.5) is 0 Å². The molecular weight excluding hydrogens is 860 g/mol. The summed E-state index contributed by atoms with van der Waals surface area (Å²) in [5.41, 5.74) is 0. The number of aliphatic hydroxyl groups excluding tert-OH is 2. The minimum atomic E-state index is -1.38. The first-order valence-corrected chi connectivity index (χ1v) is 21.2. The van der Waals surface area contributed by atoms with Crippen LogP contribution in [0.3, 0.4) is 0 Å². The smallest absolute Gasteiger partial charge is 0.187 e. The van der Waals surface area contributed by atoms with E-state index in [1.165, 1.54) is 64.0 Å². The van der Waals surface area contributed by atoms with Gasteiger partial charge in [-0.2, -0.15) is 0 Å². The van der Waals surface area contributed by atoms with Gasteiger partial charge >= 0.3 is 0 Å². The molecule has 4 saturated heterocycles. The lowest BCUT2D eigenvalue weighted by molar-refractivity contribution is -0.386. The minimum absolute atomic E-state index is 0.00379. The number of ether oxygens (including phenoxy) is 21. The molecule has 4 aliphatic heterocycles. The van der Waals surface area contributed by atoms with Crippen molar-refractivity contribution in [1.82, 2.24) is 0 Å². The Hall–Kier alpha value is -0.920. The van der Waals surface area contributed by atoms with Crippen LogP contribution in [0, 0.1) is 0 Å². The van der Waals surface area contributed by atoms with Gasteiger partial charge in [0.15, 0.2) is 25.2 Å². The summed E-state index contributed by atoms with van der Waals surface area (Å²) in [5, 5.41) is 21.8. The summed E-state index contributed by atoms with van der Waals surface area (Å²) in [7, 11) is 19.5. The fourth-order valence-electron chi connectivity index (χ4n) is 9.01. The normalized spacial score (nSPS) is 40.5. The van der Waals surface area contributed by atoms with Crippen molar-refractivity contribution in [1.29, 1.82) is 0 Å². The molecule has 0 aromatic rings. The molecule has 0 unspecified atom stereocenters. The molecule has 4 fully saturated rings. The molecule has 2 N–H and O–H groups in total. The molecule has 0 radical (unpaired) electrons. The highest BCUT2D eigenvalue weighted by Crippen LogP contribution is 2.36. The molecule has 0 bridgehead atoms. The van der Waals surface area contributed by atoms with Gasteiger partial charge in [0.1, 0.15) is 104 Å². The molecule has 4 aliphatic rings. The van der Waals surface area contributed by atoms with Gasteiger partial charge in [0.2, 0.25) is 0 Å². The fraction of sp³-hybridized carbons (Fsp3) is 1.00. The first-order valence-electron chi connectivity index (χ1n) is 21.2. The van der Waals surface area contributed by atoms with E-state index in [4.69, 9.17) is 99.5 Å². The SMILES string of the molecule is COC[C@@H](O)[C@@H](OC)[C@H](OC)[C@H](CO)O[C@@H]1O[C@H](CO[C@@H]2O[C@@H](C)[C@H](OC)[C@@H](OC)[C@H]2OC)[C@@H](OC)[C@H](OC)[C@H]1O[C@@H]1OC[C@@H](OC)[C@H](O[C@@H]2OC[C@@H](OC)[C@H](OC)[C@H]2OC)[C@H]1OC. The highest BCUT2D eigenvalue weighted by Gasteiger charge is 2.55. The standard InChI is InChI=1S/C41H76O23/c1-20-26(47-5)32(52-10)36(56-14)38(60-20)59-19-25-30(51-9)33(53-11)37(41(62-25)61-22(15-42)28(49-7)27(48-6)21(43)16-44-2)64-40-35(55-13)31(24(46-4)18-58-40)63-39-34(54-12)29(50-8)23(45-3)17-57-39/h20-43H,15-19H2,1-14H3/t20-,21+,22-,23+,24+,25+,26-,27+,28+,29-,30+,31-,32+,33-,34+,35+,36+,37+,38+,39-,40-,41+/m0/s1. The summed E-state index contributed by atoms with van der Waals surface area (Å²) in [4.78, 5) is 0. The predicted molar refractivity (Wildman–Crippen MR) is 218 cm³/mol. The van der Waals surface area contributed by atoms with Gasteiger partial charge in [-0.05, 0) is 6.92 Å². The van der Waals surface area contributed by atoms with E-state index in [1.54, 1.807) is 28.4 Å². The maximum absolute atomic E-state index is 11.0. The summed E-state index contributed by atoms with van der Waals surface area (Å²) in [6.07, 6.45) is -19.0. The Kier molecular flexibility index (Phi) is 24.3. The molecule has 0 aromatic carbocycles. The summed E-state index contributed by atoms with van der Waals surface area (Å²) < 4.78 is 127. The molecule has 22 atom stereocenters. The lowest BCUT2D eigenvalue weighted by atomic mass is 9.97. The van der Waals surface area contributed by atoms with Crippen LogP contribution in [0.5, 0.6) is 0 Å². The van der Waals surface area contributed by atoms with Crippen molar-refractivity contribution < 1.29 is 110 Å². The van der Waals surface area contributed by atoms with Crippen molar-refractivity contribution in [2.45, 2.75) is 142 Å². The molecule has 378 valence electrons. The highest BCUT2D eigenvalue weighted by molar-refractivity contribution is 4.98. The Balaban J connectivity index is 1.70. The minimum Gasteiger partial charge on any atom is -0.394 e. The lowest BCUT2D eigenvalue weighted by Crippen LogP contribution is -2.66. The van der Waals surface area contributed by atoms with Gasteiger partial charge in [0.05, 0.1) is 39.1 Å². The molecule has 64 heavy (non-hydrogen) atoms. The zero-order valence-electron chi connectivity index (χ0n) is 39.7. The molecule has 0 saturated carbocycles. The maximum atomic E-state index is 11.0. The van der Waals surface area contributed by atoms with Crippen LogP contribution in [-0.4, -0.2) is 271 Å². The number of aliphatic hydroxyl groups is 2. The van der Waals surface area contributed by atoms with E-state index in [2.05, 4.69) is 0 Å². The highest BCUT2D eigenvalue weighted by atomic mass is 16.8. The van der Waals surface area contributed by atoms with Crippen molar-refractivity contribution in [3.05, 3.63) is 0 Å². The summed E-state index contributed by atoms with van der Waals surface area (Å²) in [6, 6.07) is 0. The van der Waals surface area contributed by atoms with Crippen LogP contribution < -0.4 is 0 Å². The Morgan fingerprint density at radius 2 is 0.984 bits per heavy atom. The van der Waals surface area contributed by atoms with E-state index < -0.39 is 142 Å². The predicted octanol–water partition coefficient (Wildman–Crippen LogP) is -1.48. The average molecular weight is 937 g/mol. The molecule has 0 amide bonds. The average Bonchev–Trinajstić information content (AvgIpc) is 3.31. The Morgan fingerprint density at radius 1 is 0.500 bits per heavy atom. The number of hydrogen-bond acceptors (Lipinski definition) is 23. The monoisotopic (exact) mass is 936 g/mol. The molecule has 23 nitrogen and oxygen atoms in total. The van der Waals surface area contributed by atoms with E-state index >= 15 is 0 Å². The first kappa shape index (κ1) is 55.7. The van der Waals surface area contributed by atoms with E-state index in [-0.39, 0.29) is 26.4 Å². The second kappa shape index (κ2) is 27.9. The third-order valence-corrected chi connectivity index (χ3v) is 12.3. The molecule has 0 spiro atoms. The quantitative estimate of drug-likeness (QED) is 0.0956. The van der Waals surface area contributed by atoms with E-state index in [0.29, 0.717) is 0 Å². The third kappa shape index (κ3) is 12.8. The van der Waals surface area contributed by atoms with E-state index in [0.717, 1.165) is 0 Å². The van der Waals surface area contributed by atoms with Crippen molar-refractivity contribution in [3.63, 3.8) is 0 Å². The second-order valence-corrected chi connectivity index (χ2v) is 15.6. The first-order chi connectivity index (χ1) is 31.0. The molecule has 23 heteroatoms. The van der Waals surface area contributed by atoms with Gasteiger partial charge in [-0.25, -0.2) is 0 Å². The maximum Gasteiger partial charge on any atom is 0.187 e. The molecule has 4 heterocycles. The largest absolute Gasteiger partial charge is 0.394 e.